The fourth-order valence-corrected chi connectivity index (χ4v) is 6.27. The second-order valence-electron chi connectivity index (χ2n) is 8.59. The van der Waals surface area contributed by atoms with Gasteiger partial charge in [0.25, 0.3) is 0 Å². The summed E-state index contributed by atoms with van der Waals surface area (Å²) < 4.78 is 28.7. The van der Waals surface area contributed by atoms with E-state index in [0.717, 1.165) is 34.9 Å². The van der Waals surface area contributed by atoms with Crippen molar-refractivity contribution in [3.8, 4) is 17.2 Å². The molecule has 7 nitrogen and oxygen atoms in total. The number of halogens is 1. The van der Waals surface area contributed by atoms with E-state index in [9.17, 15) is 13.7 Å². The third-order valence-electron chi connectivity index (χ3n) is 6.46. The molecule has 2 N–H and O–H groups in total. The molecule has 2 heterocycles. The zero-order valence-corrected chi connectivity index (χ0v) is 19.9. The summed E-state index contributed by atoms with van der Waals surface area (Å²) >= 11 is 6.52. The van der Waals surface area contributed by atoms with Crippen molar-refractivity contribution >= 4 is 38.2 Å². The van der Waals surface area contributed by atoms with Gasteiger partial charge in [-0.3, -0.25) is 4.98 Å². The van der Waals surface area contributed by atoms with Crippen LogP contribution in [0.4, 0.5) is 5.69 Å². The molecule has 32 heavy (non-hydrogen) atoms. The number of aryl methyl sites for hydroxylation is 1. The van der Waals surface area contributed by atoms with E-state index in [1.165, 1.54) is 10.5 Å². The van der Waals surface area contributed by atoms with Crippen LogP contribution in [0.15, 0.2) is 30.7 Å². The van der Waals surface area contributed by atoms with Gasteiger partial charge < -0.3 is 10.3 Å². The standard InChI is InChI=1S/C23H26ClN5O2S/c1-14-8-22-18(9-15(14)10-25)20(19-11-27-12-21(26)23(19)24)13-29(22)16-4-6-17(7-5-16)32(30,31)28(2)3/h8-9,11-13,16-17H,4-7,26H2,1-3H3/t16-,17-. The van der Waals surface area contributed by atoms with Crippen molar-refractivity contribution in [2.24, 2.45) is 0 Å². The number of hydrogen-bond donors (Lipinski definition) is 1. The number of nitrogens with two attached hydrogens (primary N) is 1. The number of hydrogen-bond acceptors (Lipinski definition) is 5. The molecule has 168 valence electrons. The fourth-order valence-electron chi connectivity index (χ4n) is 4.61. The van der Waals surface area contributed by atoms with Gasteiger partial charge in [0.15, 0.2) is 0 Å². The van der Waals surface area contributed by atoms with Crippen LogP contribution in [0.3, 0.4) is 0 Å². The zero-order chi connectivity index (χ0) is 23.2. The lowest BCUT2D eigenvalue weighted by molar-refractivity contribution is 0.352. The molecule has 0 spiro atoms. The van der Waals surface area contributed by atoms with Gasteiger partial charge in [-0.15, -0.1) is 0 Å². The lowest BCUT2D eigenvalue weighted by Crippen LogP contribution is -2.36. The van der Waals surface area contributed by atoms with Crippen molar-refractivity contribution in [1.29, 1.82) is 5.26 Å². The molecule has 0 atom stereocenters. The van der Waals surface area contributed by atoms with Gasteiger partial charge in [0.05, 0.1) is 33.8 Å². The molecule has 9 heteroatoms. The monoisotopic (exact) mass is 471 g/mol. The highest BCUT2D eigenvalue weighted by Gasteiger charge is 2.33. The van der Waals surface area contributed by atoms with Crippen molar-refractivity contribution in [1.82, 2.24) is 13.9 Å². The smallest absolute Gasteiger partial charge is 0.216 e. The molecule has 0 radical (unpaired) electrons. The lowest BCUT2D eigenvalue weighted by Gasteiger charge is -2.31. The van der Waals surface area contributed by atoms with E-state index < -0.39 is 10.0 Å². The Morgan fingerprint density at radius 3 is 2.50 bits per heavy atom. The summed E-state index contributed by atoms with van der Waals surface area (Å²) in [6.45, 7) is 1.92. The number of nitriles is 1. The van der Waals surface area contributed by atoms with Crippen LogP contribution < -0.4 is 5.73 Å². The minimum absolute atomic E-state index is 0.153. The molecular weight excluding hydrogens is 446 g/mol. The highest BCUT2D eigenvalue weighted by atomic mass is 35.5. The van der Waals surface area contributed by atoms with Crippen LogP contribution in [-0.2, 0) is 10.0 Å². The molecule has 4 rings (SSSR count). The highest BCUT2D eigenvalue weighted by Crippen LogP contribution is 2.41. The molecule has 0 amide bonds. The van der Waals surface area contributed by atoms with Crippen LogP contribution in [0.2, 0.25) is 5.02 Å². The summed E-state index contributed by atoms with van der Waals surface area (Å²) in [7, 11) is -0.0849. The van der Waals surface area contributed by atoms with Crippen LogP contribution in [0, 0.1) is 18.3 Å². The van der Waals surface area contributed by atoms with Gasteiger partial charge in [-0.2, -0.15) is 5.26 Å². The Morgan fingerprint density at radius 2 is 1.88 bits per heavy atom. The summed E-state index contributed by atoms with van der Waals surface area (Å²) in [6.07, 6.45) is 7.96. The van der Waals surface area contributed by atoms with E-state index in [4.69, 9.17) is 17.3 Å². The molecule has 1 saturated carbocycles. The second-order valence-corrected chi connectivity index (χ2v) is 11.4. The van der Waals surface area contributed by atoms with Crippen molar-refractivity contribution in [2.45, 2.75) is 43.9 Å². The van der Waals surface area contributed by atoms with Gasteiger partial charge in [0, 0.05) is 54.6 Å². The average Bonchev–Trinajstić information content (AvgIpc) is 3.13. The Morgan fingerprint density at radius 1 is 1.19 bits per heavy atom. The number of aromatic nitrogens is 2. The van der Waals surface area contributed by atoms with Gasteiger partial charge in [0.2, 0.25) is 10.0 Å². The van der Waals surface area contributed by atoms with E-state index in [1.54, 1.807) is 20.3 Å². The van der Waals surface area contributed by atoms with Crippen molar-refractivity contribution in [3.63, 3.8) is 0 Å². The maximum absolute atomic E-state index is 12.6. The first-order valence-corrected chi connectivity index (χ1v) is 12.4. The zero-order valence-electron chi connectivity index (χ0n) is 18.3. The minimum atomic E-state index is -3.26. The average molecular weight is 472 g/mol. The van der Waals surface area contributed by atoms with Gasteiger partial charge in [-0.25, -0.2) is 12.7 Å². The Kier molecular flexibility index (Phi) is 5.93. The molecule has 1 aliphatic rings. The maximum Gasteiger partial charge on any atom is 0.216 e. The first kappa shape index (κ1) is 22.6. The van der Waals surface area contributed by atoms with Crippen molar-refractivity contribution in [2.75, 3.05) is 19.8 Å². The fraction of sp³-hybridized carbons (Fsp3) is 0.391. The predicted molar refractivity (Wildman–Crippen MR) is 128 cm³/mol. The van der Waals surface area contributed by atoms with Crippen LogP contribution in [0.1, 0.15) is 42.9 Å². The molecular formula is C23H26ClN5O2S. The van der Waals surface area contributed by atoms with E-state index in [1.807, 2.05) is 25.3 Å². The van der Waals surface area contributed by atoms with Crippen LogP contribution >= 0.6 is 11.6 Å². The molecule has 3 aromatic rings. The number of fused-ring (bicyclic) bond motifs is 1. The first-order chi connectivity index (χ1) is 15.1. The summed E-state index contributed by atoms with van der Waals surface area (Å²) in [5.41, 5.74) is 10.5. The van der Waals surface area contributed by atoms with Crippen molar-refractivity contribution in [3.05, 3.63) is 46.9 Å². The van der Waals surface area contributed by atoms with Crippen LogP contribution in [0.25, 0.3) is 22.0 Å². The largest absolute Gasteiger partial charge is 0.396 e. The number of anilines is 1. The molecule has 0 aliphatic heterocycles. The van der Waals surface area contributed by atoms with Gasteiger partial charge in [-0.1, -0.05) is 11.6 Å². The number of nitrogens with zero attached hydrogens (tertiary/aromatic N) is 4. The first-order valence-electron chi connectivity index (χ1n) is 10.5. The highest BCUT2D eigenvalue weighted by molar-refractivity contribution is 7.89. The Balaban J connectivity index is 1.81. The SMILES string of the molecule is Cc1cc2c(cc1C#N)c(-c1cncc(N)c1Cl)cn2[C@H]1CC[C@H](S(=O)(=O)N(C)C)CC1. The number of benzene rings is 1. The number of rotatable bonds is 4. The summed E-state index contributed by atoms with van der Waals surface area (Å²) in [5, 5.41) is 10.6. The molecule has 2 aromatic heterocycles. The molecule has 1 aromatic carbocycles. The third kappa shape index (κ3) is 3.75. The molecule has 0 bridgehead atoms. The quantitative estimate of drug-likeness (QED) is 0.603. The second kappa shape index (κ2) is 8.39. The number of nitrogen functional groups attached to an aromatic ring is 1. The Bertz CT molecular complexity index is 1330. The lowest BCUT2D eigenvalue weighted by atomic mass is 9.94. The molecule has 1 aliphatic carbocycles. The van der Waals surface area contributed by atoms with Gasteiger partial charge in [0.1, 0.15) is 0 Å². The van der Waals surface area contributed by atoms with Crippen molar-refractivity contribution < 1.29 is 8.42 Å². The van der Waals surface area contributed by atoms with E-state index in [2.05, 4.69) is 15.6 Å². The number of sulfonamides is 1. The third-order valence-corrected chi connectivity index (χ3v) is 9.22. The number of pyridine rings is 1. The van der Waals surface area contributed by atoms with Gasteiger partial charge >= 0.3 is 0 Å². The summed E-state index contributed by atoms with van der Waals surface area (Å²) in [5.74, 6) is 0. The normalized spacial score (nSPS) is 19.4. The Hall–Kier alpha value is -2.60. The molecule has 0 unspecified atom stereocenters. The molecule has 1 fully saturated rings. The maximum atomic E-state index is 12.6. The van der Waals surface area contributed by atoms with E-state index in [-0.39, 0.29) is 11.3 Å². The molecule has 0 saturated heterocycles. The van der Waals surface area contributed by atoms with Crippen LogP contribution in [-0.4, -0.2) is 41.6 Å². The Labute approximate surface area is 193 Å². The summed E-state index contributed by atoms with van der Waals surface area (Å²) in [4.78, 5) is 4.21. The summed E-state index contributed by atoms with van der Waals surface area (Å²) in [6, 6.07) is 6.32. The van der Waals surface area contributed by atoms with Crippen LogP contribution in [0.5, 0.6) is 0 Å². The predicted octanol–water partition coefficient (Wildman–Crippen LogP) is 4.49. The minimum Gasteiger partial charge on any atom is -0.396 e. The van der Waals surface area contributed by atoms with E-state index in [0.29, 0.717) is 34.7 Å². The van der Waals surface area contributed by atoms with E-state index >= 15 is 0 Å². The topological polar surface area (TPSA) is 105 Å². The van der Waals surface area contributed by atoms with Gasteiger partial charge in [-0.05, 0) is 50.3 Å².